The molecule has 0 aliphatic heterocycles. The third kappa shape index (κ3) is 5.19. The number of aromatic carboxylic acids is 1. The van der Waals surface area contributed by atoms with Crippen LogP contribution < -0.4 is 4.74 Å². The monoisotopic (exact) mass is 435 g/mol. The first-order valence-electron chi connectivity index (χ1n) is 10.4. The quantitative estimate of drug-likeness (QED) is 0.424. The maximum absolute atomic E-state index is 12.3. The molecule has 168 valence electrons. The van der Waals surface area contributed by atoms with Crippen LogP contribution in [-0.4, -0.2) is 34.3 Å². The van der Waals surface area contributed by atoms with Gasteiger partial charge < -0.3 is 19.1 Å². The van der Waals surface area contributed by atoms with Crippen molar-refractivity contribution < 1.29 is 24.2 Å². The lowest BCUT2D eigenvalue weighted by atomic mass is 10.0. The Labute approximate surface area is 188 Å². The first-order chi connectivity index (χ1) is 15.0. The molecular weight excluding hydrogens is 406 g/mol. The highest BCUT2D eigenvalue weighted by molar-refractivity contribution is 5.94. The van der Waals surface area contributed by atoms with Gasteiger partial charge in [0.15, 0.2) is 0 Å². The van der Waals surface area contributed by atoms with Crippen molar-refractivity contribution in [2.45, 2.75) is 39.7 Å². The Kier molecular flexibility index (Phi) is 6.44. The normalized spacial score (nSPS) is 12.1. The molecule has 3 rings (SSSR count). The standard InChI is InChI=1S/C26H29NO5/c1-16(25(30)32-26(2,3)4)11-17-7-10-22-21(12-17)20(15-27(22)5)13-18-8-9-19(24(28)29)14-23(18)31-6/h7-12,14-15H,13H2,1-6H3,(H,28,29)/b16-11+. The first-order valence-corrected chi connectivity index (χ1v) is 10.4. The van der Waals surface area contributed by atoms with Crippen LogP contribution in [0, 0.1) is 0 Å². The van der Waals surface area contributed by atoms with E-state index in [1.165, 1.54) is 7.11 Å². The number of nitrogens with zero attached hydrogens (tertiary/aromatic N) is 1. The number of aromatic nitrogens is 1. The second-order valence-electron chi connectivity index (χ2n) is 8.88. The van der Waals surface area contributed by atoms with Gasteiger partial charge in [-0.2, -0.15) is 0 Å². The number of ether oxygens (including phenoxy) is 2. The average molecular weight is 436 g/mol. The predicted molar refractivity (Wildman–Crippen MR) is 125 cm³/mol. The van der Waals surface area contributed by atoms with Gasteiger partial charge in [-0.05, 0) is 74.7 Å². The van der Waals surface area contributed by atoms with Gasteiger partial charge in [-0.15, -0.1) is 0 Å². The van der Waals surface area contributed by atoms with E-state index >= 15 is 0 Å². The fourth-order valence-electron chi connectivity index (χ4n) is 3.62. The van der Waals surface area contributed by atoms with E-state index in [4.69, 9.17) is 9.47 Å². The summed E-state index contributed by atoms with van der Waals surface area (Å²) in [6, 6.07) is 11.0. The van der Waals surface area contributed by atoms with Crippen LogP contribution in [0.3, 0.4) is 0 Å². The number of hydrogen-bond acceptors (Lipinski definition) is 4. The molecule has 6 heteroatoms. The van der Waals surface area contributed by atoms with Crippen LogP contribution in [0.5, 0.6) is 5.75 Å². The van der Waals surface area contributed by atoms with Gasteiger partial charge in [-0.3, -0.25) is 0 Å². The van der Waals surface area contributed by atoms with Crippen molar-refractivity contribution in [2.24, 2.45) is 7.05 Å². The van der Waals surface area contributed by atoms with Gasteiger partial charge in [0.1, 0.15) is 11.4 Å². The van der Waals surface area contributed by atoms with E-state index in [-0.39, 0.29) is 11.5 Å². The Hall–Kier alpha value is -3.54. The summed E-state index contributed by atoms with van der Waals surface area (Å²) < 4.78 is 12.9. The lowest BCUT2D eigenvalue weighted by Gasteiger charge is -2.19. The van der Waals surface area contributed by atoms with Crippen LogP contribution in [0.25, 0.3) is 17.0 Å². The predicted octanol–water partition coefficient (Wildman–Crippen LogP) is 5.22. The van der Waals surface area contributed by atoms with Gasteiger partial charge in [0.25, 0.3) is 0 Å². The number of carbonyl (C=O) groups is 2. The zero-order valence-corrected chi connectivity index (χ0v) is 19.4. The molecule has 0 aliphatic carbocycles. The Morgan fingerprint density at radius 2 is 1.81 bits per heavy atom. The van der Waals surface area contributed by atoms with Gasteiger partial charge in [-0.1, -0.05) is 12.1 Å². The fourth-order valence-corrected chi connectivity index (χ4v) is 3.62. The summed E-state index contributed by atoms with van der Waals surface area (Å²) in [6.45, 7) is 7.28. The molecule has 32 heavy (non-hydrogen) atoms. The number of esters is 1. The first kappa shape index (κ1) is 23.1. The van der Waals surface area contributed by atoms with Crippen molar-refractivity contribution in [1.82, 2.24) is 4.57 Å². The zero-order chi connectivity index (χ0) is 23.6. The van der Waals surface area contributed by atoms with Crippen molar-refractivity contribution in [2.75, 3.05) is 7.11 Å². The van der Waals surface area contributed by atoms with Crippen molar-refractivity contribution in [1.29, 1.82) is 0 Å². The minimum Gasteiger partial charge on any atom is -0.496 e. The van der Waals surface area contributed by atoms with Crippen LogP contribution in [0.15, 0.2) is 48.2 Å². The SMILES string of the molecule is COc1cc(C(=O)O)ccc1Cc1cn(C)c2ccc(/C=C(\C)C(=O)OC(C)(C)C)cc12. The number of rotatable bonds is 6. The number of hydrogen-bond donors (Lipinski definition) is 1. The summed E-state index contributed by atoms with van der Waals surface area (Å²) in [5.74, 6) is -0.787. The minimum atomic E-state index is -0.989. The highest BCUT2D eigenvalue weighted by Gasteiger charge is 2.18. The highest BCUT2D eigenvalue weighted by Crippen LogP contribution is 2.29. The lowest BCUT2D eigenvalue weighted by Crippen LogP contribution is -2.24. The highest BCUT2D eigenvalue weighted by atomic mass is 16.6. The van der Waals surface area contributed by atoms with Gasteiger partial charge in [0.05, 0.1) is 12.7 Å². The Bertz CT molecular complexity index is 1210. The van der Waals surface area contributed by atoms with Crippen molar-refractivity contribution in [3.05, 3.63) is 70.4 Å². The van der Waals surface area contributed by atoms with Crippen molar-refractivity contribution >= 4 is 28.9 Å². The third-order valence-electron chi connectivity index (χ3n) is 5.11. The summed E-state index contributed by atoms with van der Waals surface area (Å²) in [5, 5.41) is 10.3. The molecule has 0 fully saturated rings. The molecule has 6 nitrogen and oxygen atoms in total. The van der Waals surface area contributed by atoms with E-state index in [9.17, 15) is 14.7 Å². The third-order valence-corrected chi connectivity index (χ3v) is 5.11. The second-order valence-corrected chi connectivity index (χ2v) is 8.88. The number of benzene rings is 2. The number of methoxy groups -OCH3 is 1. The van der Waals surface area contributed by atoms with Crippen LogP contribution in [0.1, 0.15) is 54.7 Å². The smallest absolute Gasteiger partial charge is 0.335 e. The molecule has 1 aromatic heterocycles. The Morgan fingerprint density at radius 3 is 2.44 bits per heavy atom. The molecule has 0 amide bonds. The molecule has 0 aliphatic rings. The van der Waals surface area contributed by atoms with Crippen LogP contribution in [0.4, 0.5) is 0 Å². The number of carboxylic acids is 1. The fraction of sp³-hybridized carbons (Fsp3) is 0.308. The van der Waals surface area contributed by atoms with Gasteiger partial charge in [-0.25, -0.2) is 9.59 Å². The Balaban J connectivity index is 1.97. The number of aryl methyl sites for hydroxylation is 1. The average Bonchev–Trinajstić information content (AvgIpc) is 3.01. The second kappa shape index (κ2) is 8.91. The molecule has 0 atom stereocenters. The molecule has 0 saturated carbocycles. The van der Waals surface area contributed by atoms with Gasteiger partial charge in [0.2, 0.25) is 0 Å². The van der Waals surface area contributed by atoms with Crippen LogP contribution in [0.2, 0.25) is 0 Å². The maximum atomic E-state index is 12.3. The summed E-state index contributed by atoms with van der Waals surface area (Å²) in [4.78, 5) is 23.6. The number of carboxylic acid groups (broad SMARTS) is 1. The van der Waals surface area contributed by atoms with Crippen LogP contribution >= 0.6 is 0 Å². The molecule has 0 spiro atoms. The number of carbonyl (C=O) groups excluding carboxylic acids is 1. The molecular formula is C26H29NO5. The molecule has 0 unspecified atom stereocenters. The van der Waals surface area contributed by atoms with E-state index in [0.717, 1.165) is 27.6 Å². The molecule has 3 aromatic rings. The van der Waals surface area contributed by atoms with E-state index in [1.807, 2.05) is 46.0 Å². The number of fused-ring (bicyclic) bond motifs is 1. The summed E-state index contributed by atoms with van der Waals surface area (Å²) in [5.41, 5.74) is 4.12. The summed E-state index contributed by atoms with van der Waals surface area (Å²) in [7, 11) is 3.52. The molecule has 0 bridgehead atoms. The maximum Gasteiger partial charge on any atom is 0.335 e. The van der Waals surface area contributed by atoms with E-state index in [1.54, 1.807) is 25.1 Å². The topological polar surface area (TPSA) is 77.8 Å². The van der Waals surface area contributed by atoms with E-state index < -0.39 is 11.6 Å². The summed E-state index contributed by atoms with van der Waals surface area (Å²) >= 11 is 0. The summed E-state index contributed by atoms with van der Waals surface area (Å²) in [6.07, 6.45) is 4.47. The lowest BCUT2D eigenvalue weighted by molar-refractivity contribution is -0.149. The van der Waals surface area contributed by atoms with Crippen molar-refractivity contribution in [3.63, 3.8) is 0 Å². The van der Waals surface area contributed by atoms with Crippen molar-refractivity contribution in [3.8, 4) is 5.75 Å². The molecule has 1 N–H and O–H groups in total. The van der Waals surface area contributed by atoms with Crippen LogP contribution in [-0.2, 0) is 23.0 Å². The molecule has 0 saturated heterocycles. The Morgan fingerprint density at radius 1 is 1.09 bits per heavy atom. The van der Waals surface area contributed by atoms with Gasteiger partial charge >= 0.3 is 11.9 Å². The van der Waals surface area contributed by atoms with E-state index in [0.29, 0.717) is 17.7 Å². The molecule has 0 radical (unpaired) electrons. The largest absolute Gasteiger partial charge is 0.496 e. The molecule has 1 heterocycles. The molecule has 2 aromatic carbocycles. The van der Waals surface area contributed by atoms with E-state index in [2.05, 4.69) is 16.8 Å². The van der Waals surface area contributed by atoms with Gasteiger partial charge in [0, 0.05) is 36.1 Å². The zero-order valence-electron chi connectivity index (χ0n) is 19.4. The minimum absolute atomic E-state index is 0.188.